The molecule has 80 valence electrons. The fourth-order valence-electron chi connectivity index (χ4n) is 1.57. The first-order valence-corrected chi connectivity index (χ1v) is 5.48. The Hall–Kier alpha value is -1.89. The first-order chi connectivity index (χ1) is 7.86. The van der Waals surface area contributed by atoms with E-state index >= 15 is 0 Å². The van der Waals surface area contributed by atoms with Crippen LogP contribution in [0.15, 0.2) is 59.6 Å². The van der Waals surface area contributed by atoms with Crippen LogP contribution in [0.2, 0.25) is 0 Å². The third-order valence-corrected chi connectivity index (χ3v) is 2.52. The highest BCUT2D eigenvalue weighted by atomic mass is 14.7. The van der Waals surface area contributed by atoms with Gasteiger partial charge in [0, 0.05) is 12.6 Å². The van der Waals surface area contributed by atoms with Crippen LogP contribution in [-0.2, 0) is 6.42 Å². The van der Waals surface area contributed by atoms with Crippen LogP contribution in [0, 0.1) is 6.92 Å². The molecule has 0 fully saturated rings. The van der Waals surface area contributed by atoms with Crippen LogP contribution < -0.4 is 0 Å². The molecule has 1 heteroatoms. The second-order valence-corrected chi connectivity index (χ2v) is 3.79. The van der Waals surface area contributed by atoms with Gasteiger partial charge < -0.3 is 0 Å². The van der Waals surface area contributed by atoms with E-state index in [1.807, 2.05) is 30.5 Å². The fourth-order valence-corrected chi connectivity index (χ4v) is 1.57. The molecule has 2 aromatic rings. The predicted molar refractivity (Wildman–Crippen MR) is 69.5 cm³/mol. The molecular weight excluding hydrogens is 194 g/mol. The zero-order valence-corrected chi connectivity index (χ0v) is 9.43. The molecule has 1 nitrogen and oxygen atoms in total. The Balaban J connectivity index is 2.03. The highest BCUT2D eigenvalue weighted by molar-refractivity contribution is 5.67. The maximum atomic E-state index is 4.48. The van der Waals surface area contributed by atoms with Crippen molar-refractivity contribution < 1.29 is 0 Å². The highest BCUT2D eigenvalue weighted by Crippen LogP contribution is 2.16. The van der Waals surface area contributed by atoms with Crippen molar-refractivity contribution >= 4 is 11.9 Å². The van der Waals surface area contributed by atoms with Gasteiger partial charge in [-0.25, -0.2) is 0 Å². The summed E-state index contributed by atoms with van der Waals surface area (Å²) < 4.78 is 0. The van der Waals surface area contributed by atoms with Crippen LogP contribution >= 0.6 is 0 Å². The maximum absolute atomic E-state index is 4.48. The van der Waals surface area contributed by atoms with Crippen LogP contribution in [0.3, 0.4) is 0 Å². The Bertz CT molecular complexity index is 472. The predicted octanol–water partition coefficient (Wildman–Crippen LogP) is 3.94. The van der Waals surface area contributed by atoms with Gasteiger partial charge in [-0.05, 0) is 24.1 Å². The molecule has 0 amide bonds. The summed E-state index contributed by atoms with van der Waals surface area (Å²) in [5.74, 6) is 0. The molecule has 0 aliphatic rings. The first kappa shape index (κ1) is 10.6. The molecule has 0 saturated heterocycles. The molecule has 16 heavy (non-hydrogen) atoms. The molecule has 0 heterocycles. The van der Waals surface area contributed by atoms with Gasteiger partial charge in [-0.15, -0.1) is 0 Å². The first-order valence-electron chi connectivity index (χ1n) is 5.48. The maximum Gasteiger partial charge on any atom is 0.0654 e. The molecule has 2 aromatic carbocycles. The van der Waals surface area contributed by atoms with Crippen molar-refractivity contribution in [1.29, 1.82) is 0 Å². The lowest BCUT2D eigenvalue weighted by molar-refractivity contribution is 1.33. The summed E-state index contributed by atoms with van der Waals surface area (Å²) in [5.41, 5.74) is 3.56. The molecule has 0 aromatic heterocycles. The second kappa shape index (κ2) is 5.26. The van der Waals surface area contributed by atoms with Crippen LogP contribution in [-0.4, -0.2) is 6.21 Å². The van der Waals surface area contributed by atoms with Crippen molar-refractivity contribution in [3.63, 3.8) is 0 Å². The van der Waals surface area contributed by atoms with E-state index < -0.39 is 0 Å². The average Bonchev–Trinajstić information content (AvgIpc) is 2.33. The molecule has 0 bridgehead atoms. The Morgan fingerprint density at radius 1 is 0.938 bits per heavy atom. The van der Waals surface area contributed by atoms with Gasteiger partial charge in [0.05, 0.1) is 5.69 Å². The molecule has 0 spiro atoms. The highest BCUT2D eigenvalue weighted by Gasteiger charge is 1.92. The summed E-state index contributed by atoms with van der Waals surface area (Å²) in [6.07, 6.45) is 2.85. The molecule has 0 unspecified atom stereocenters. The van der Waals surface area contributed by atoms with Gasteiger partial charge >= 0.3 is 0 Å². The second-order valence-electron chi connectivity index (χ2n) is 3.79. The van der Waals surface area contributed by atoms with Gasteiger partial charge in [-0.2, -0.15) is 0 Å². The van der Waals surface area contributed by atoms with Crippen molar-refractivity contribution in [2.45, 2.75) is 13.3 Å². The minimum absolute atomic E-state index is 0.884. The normalized spacial score (nSPS) is 10.8. The Morgan fingerprint density at radius 3 is 2.38 bits per heavy atom. The molecule has 0 atom stereocenters. The van der Waals surface area contributed by atoms with Gasteiger partial charge in [0.1, 0.15) is 0 Å². The van der Waals surface area contributed by atoms with Crippen molar-refractivity contribution in [3.8, 4) is 0 Å². The van der Waals surface area contributed by atoms with E-state index in [9.17, 15) is 0 Å². The molecule has 0 N–H and O–H groups in total. The average molecular weight is 209 g/mol. The van der Waals surface area contributed by atoms with Crippen molar-refractivity contribution in [2.75, 3.05) is 0 Å². The van der Waals surface area contributed by atoms with Gasteiger partial charge in [0.2, 0.25) is 0 Å². The number of hydrogen-bond acceptors (Lipinski definition) is 1. The third-order valence-electron chi connectivity index (χ3n) is 2.52. The van der Waals surface area contributed by atoms with Crippen molar-refractivity contribution in [3.05, 3.63) is 65.7 Å². The zero-order valence-electron chi connectivity index (χ0n) is 9.43. The number of rotatable bonds is 3. The van der Waals surface area contributed by atoms with E-state index in [4.69, 9.17) is 0 Å². The quantitative estimate of drug-likeness (QED) is 0.679. The number of para-hydroxylation sites is 1. The minimum Gasteiger partial charge on any atom is -0.261 e. The van der Waals surface area contributed by atoms with Crippen molar-refractivity contribution in [1.82, 2.24) is 0 Å². The SMILES string of the molecule is Cc1ccccc1N=CCc1ccccc1. The third kappa shape index (κ3) is 2.80. The van der Waals surface area contributed by atoms with E-state index in [1.54, 1.807) is 0 Å². The van der Waals surface area contributed by atoms with E-state index in [0.29, 0.717) is 0 Å². The van der Waals surface area contributed by atoms with E-state index in [2.05, 4.69) is 42.2 Å². The lowest BCUT2D eigenvalue weighted by Gasteiger charge is -1.98. The Morgan fingerprint density at radius 2 is 1.62 bits per heavy atom. The lowest BCUT2D eigenvalue weighted by atomic mass is 10.2. The van der Waals surface area contributed by atoms with Gasteiger partial charge in [-0.3, -0.25) is 4.99 Å². The topological polar surface area (TPSA) is 12.4 Å². The number of aliphatic imine (C=N–C) groups is 1. The minimum atomic E-state index is 0.884. The number of benzene rings is 2. The summed E-state index contributed by atoms with van der Waals surface area (Å²) in [5, 5.41) is 0. The van der Waals surface area contributed by atoms with Crippen LogP contribution in [0.5, 0.6) is 0 Å². The monoisotopic (exact) mass is 209 g/mol. The summed E-state index contributed by atoms with van der Waals surface area (Å²) >= 11 is 0. The van der Waals surface area contributed by atoms with Crippen LogP contribution in [0.25, 0.3) is 0 Å². The number of aryl methyl sites for hydroxylation is 1. The summed E-state index contributed by atoms with van der Waals surface area (Å²) in [7, 11) is 0. The fraction of sp³-hybridized carbons (Fsp3) is 0.133. The van der Waals surface area contributed by atoms with Crippen molar-refractivity contribution in [2.24, 2.45) is 4.99 Å². The number of nitrogens with zero attached hydrogens (tertiary/aromatic N) is 1. The number of hydrogen-bond donors (Lipinski definition) is 0. The molecule has 2 rings (SSSR count). The smallest absolute Gasteiger partial charge is 0.0654 e. The zero-order chi connectivity index (χ0) is 11.2. The molecular formula is C15H15N. The molecule has 0 saturated carbocycles. The summed E-state index contributed by atoms with van der Waals surface area (Å²) in [6.45, 7) is 2.08. The molecule has 0 radical (unpaired) electrons. The largest absolute Gasteiger partial charge is 0.261 e. The van der Waals surface area contributed by atoms with E-state index in [1.165, 1.54) is 11.1 Å². The van der Waals surface area contributed by atoms with Gasteiger partial charge in [0.25, 0.3) is 0 Å². The lowest BCUT2D eigenvalue weighted by Crippen LogP contribution is -1.84. The molecule has 0 aliphatic carbocycles. The van der Waals surface area contributed by atoms with E-state index in [-0.39, 0.29) is 0 Å². The van der Waals surface area contributed by atoms with Gasteiger partial charge in [0.15, 0.2) is 0 Å². The summed E-state index contributed by atoms with van der Waals surface area (Å²) in [4.78, 5) is 4.48. The van der Waals surface area contributed by atoms with Gasteiger partial charge in [-0.1, -0.05) is 48.5 Å². The summed E-state index contributed by atoms with van der Waals surface area (Å²) in [6, 6.07) is 18.5. The standard InChI is InChI=1S/C15H15N/c1-13-7-5-6-10-15(13)16-12-11-14-8-3-2-4-9-14/h2-10,12H,11H2,1H3. The van der Waals surface area contributed by atoms with Crippen LogP contribution in [0.4, 0.5) is 5.69 Å². The molecule has 0 aliphatic heterocycles. The van der Waals surface area contributed by atoms with Crippen LogP contribution in [0.1, 0.15) is 11.1 Å². The Kier molecular flexibility index (Phi) is 3.50. The van der Waals surface area contributed by atoms with E-state index in [0.717, 1.165) is 12.1 Å². The Labute approximate surface area is 96.5 Å².